The van der Waals surface area contributed by atoms with Crippen LogP contribution in [0.15, 0.2) is 53.6 Å². The average molecular weight is 324 g/mol. The Bertz CT molecular complexity index is 756. The fourth-order valence-electron chi connectivity index (χ4n) is 2.73. The van der Waals surface area contributed by atoms with Gasteiger partial charge in [0.15, 0.2) is 0 Å². The largest absolute Gasteiger partial charge is 0.497 e. The molecule has 1 aliphatic rings. The molecule has 0 radical (unpaired) electrons. The lowest BCUT2D eigenvalue weighted by molar-refractivity contribution is -0.130. The van der Waals surface area contributed by atoms with Gasteiger partial charge >= 0.3 is 0 Å². The van der Waals surface area contributed by atoms with Gasteiger partial charge in [-0.1, -0.05) is 30.3 Å². The van der Waals surface area contributed by atoms with Gasteiger partial charge < -0.3 is 9.47 Å². The Morgan fingerprint density at radius 1 is 1.12 bits per heavy atom. The Kier molecular flexibility index (Phi) is 4.79. The highest BCUT2D eigenvalue weighted by Gasteiger charge is 2.23. The molecule has 1 amide bonds. The van der Waals surface area contributed by atoms with E-state index in [4.69, 9.17) is 9.47 Å². The first-order valence-corrected chi connectivity index (χ1v) is 7.85. The van der Waals surface area contributed by atoms with Gasteiger partial charge in [0.05, 0.1) is 32.9 Å². The lowest BCUT2D eigenvalue weighted by atomic mass is 10.1. The van der Waals surface area contributed by atoms with Gasteiger partial charge in [-0.05, 0) is 23.8 Å². The summed E-state index contributed by atoms with van der Waals surface area (Å²) in [7, 11) is 3.25. The predicted molar refractivity (Wildman–Crippen MR) is 92.6 cm³/mol. The molecule has 0 saturated heterocycles. The zero-order valence-electron chi connectivity index (χ0n) is 13.9. The first kappa shape index (κ1) is 16.1. The van der Waals surface area contributed by atoms with Gasteiger partial charge in [0.2, 0.25) is 5.91 Å². The number of hydrazone groups is 1. The van der Waals surface area contributed by atoms with Crippen LogP contribution in [0.2, 0.25) is 0 Å². The number of rotatable bonds is 5. The third-order valence-corrected chi connectivity index (χ3v) is 4.01. The second kappa shape index (κ2) is 7.17. The summed E-state index contributed by atoms with van der Waals surface area (Å²) in [6.45, 7) is 0.585. The third kappa shape index (κ3) is 3.40. The summed E-state index contributed by atoms with van der Waals surface area (Å²) >= 11 is 0. The van der Waals surface area contributed by atoms with E-state index < -0.39 is 0 Å². The van der Waals surface area contributed by atoms with E-state index in [1.54, 1.807) is 19.2 Å². The maximum absolute atomic E-state index is 12.4. The van der Waals surface area contributed by atoms with E-state index in [1.807, 2.05) is 48.5 Å². The Labute approximate surface area is 141 Å². The van der Waals surface area contributed by atoms with Gasteiger partial charge in [0.1, 0.15) is 11.5 Å². The van der Waals surface area contributed by atoms with Crippen molar-refractivity contribution in [3.63, 3.8) is 0 Å². The summed E-state index contributed by atoms with van der Waals surface area (Å²) in [6.07, 6.45) is 1.05. The molecular formula is C19H20N2O3. The van der Waals surface area contributed by atoms with Gasteiger partial charge in [-0.3, -0.25) is 4.79 Å². The van der Waals surface area contributed by atoms with E-state index in [1.165, 1.54) is 0 Å². The fraction of sp³-hybridized carbons (Fsp3) is 0.263. The molecule has 2 aromatic carbocycles. The highest BCUT2D eigenvalue weighted by atomic mass is 16.5. The van der Waals surface area contributed by atoms with Crippen molar-refractivity contribution < 1.29 is 14.3 Å². The molecule has 124 valence electrons. The zero-order chi connectivity index (χ0) is 16.9. The lowest BCUT2D eigenvalue weighted by Gasteiger charge is -2.11. The maximum atomic E-state index is 12.4. The zero-order valence-corrected chi connectivity index (χ0v) is 13.9. The number of carbonyl (C=O) groups excluding carboxylic acids is 1. The third-order valence-electron chi connectivity index (χ3n) is 4.01. The highest BCUT2D eigenvalue weighted by Crippen LogP contribution is 2.27. The minimum Gasteiger partial charge on any atom is -0.497 e. The molecule has 0 atom stereocenters. The van der Waals surface area contributed by atoms with E-state index in [0.717, 1.165) is 28.3 Å². The van der Waals surface area contributed by atoms with Gasteiger partial charge in [-0.15, -0.1) is 0 Å². The van der Waals surface area contributed by atoms with Crippen molar-refractivity contribution in [3.8, 4) is 11.5 Å². The first-order valence-electron chi connectivity index (χ1n) is 7.85. The quantitative estimate of drug-likeness (QED) is 0.850. The summed E-state index contributed by atoms with van der Waals surface area (Å²) < 4.78 is 10.7. The minimum absolute atomic E-state index is 0.00179. The van der Waals surface area contributed by atoms with Crippen LogP contribution in [-0.4, -0.2) is 37.4 Å². The van der Waals surface area contributed by atoms with E-state index in [9.17, 15) is 4.79 Å². The number of hydrogen-bond acceptors (Lipinski definition) is 4. The van der Waals surface area contributed by atoms with Crippen molar-refractivity contribution in [1.82, 2.24) is 5.01 Å². The fourth-order valence-corrected chi connectivity index (χ4v) is 2.73. The van der Waals surface area contributed by atoms with Gasteiger partial charge in [-0.25, -0.2) is 5.01 Å². The number of amides is 1. The van der Waals surface area contributed by atoms with Crippen LogP contribution in [0.4, 0.5) is 0 Å². The van der Waals surface area contributed by atoms with Crippen LogP contribution in [0, 0.1) is 0 Å². The van der Waals surface area contributed by atoms with Crippen molar-refractivity contribution in [2.45, 2.75) is 12.8 Å². The molecule has 0 aliphatic carbocycles. The summed E-state index contributed by atoms with van der Waals surface area (Å²) in [5.41, 5.74) is 2.70. The summed E-state index contributed by atoms with van der Waals surface area (Å²) in [5.74, 6) is 1.47. The molecule has 1 heterocycles. The van der Waals surface area contributed by atoms with Gasteiger partial charge in [-0.2, -0.15) is 5.10 Å². The Morgan fingerprint density at radius 2 is 1.92 bits per heavy atom. The molecule has 1 aliphatic heterocycles. The molecule has 2 aromatic rings. The predicted octanol–water partition coefficient (Wildman–Crippen LogP) is 2.88. The van der Waals surface area contributed by atoms with E-state index in [2.05, 4.69) is 5.10 Å². The molecule has 5 nitrogen and oxygen atoms in total. The first-order chi connectivity index (χ1) is 11.7. The molecule has 0 spiro atoms. The number of carbonyl (C=O) groups is 1. The van der Waals surface area contributed by atoms with E-state index in [0.29, 0.717) is 19.4 Å². The second-order valence-corrected chi connectivity index (χ2v) is 5.54. The Balaban J connectivity index is 1.79. The van der Waals surface area contributed by atoms with Crippen LogP contribution >= 0.6 is 0 Å². The Morgan fingerprint density at radius 3 is 2.62 bits per heavy atom. The molecular weight excluding hydrogens is 304 g/mol. The summed E-state index contributed by atoms with van der Waals surface area (Å²) in [5, 5.41) is 6.05. The van der Waals surface area contributed by atoms with Crippen molar-refractivity contribution in [3.05, 3.63) is 59.7 Å². The van der Waals surface area contributed by atoms with Crippen molar-refractivity contribution in [2.24, 2.45) is 5.10 Å². The molecule has 0 N–H and O–H groups in total. The highest BCUT2D eigenvalue weighted by molar-refractivity contribution is 6.05. The van der Waals surface area contributed by atoms with Crippen LogP contribution in [0.1, 0.15) is 17.5 Å². The Hall–Kier alpha value is -2.82. The van der Waals surface area contributed by atoms with Crippen LogP contribution < -0.4 is 9.47 Å². The van der Waals surface area contributed by atoms with Crippen molar-refractivity contribution in [2.75, 3.05) is 20.8 Å². The van der Waals surface area contributed by atoms with Crippen LogP contribution in [0.3, 0.4) is 0 Å². The molecule has 0 bridgehead atoms. The molecule has 0 fully saturated rings. The monoisotopic (exact) mass is 324 g/mol. The molecule has 24 heavy (non-hydrogen) atoms. The molecule has 3 rings (SSSR count). The lowest BCUT2D eigenvalue weighted by Crippen LogP contribution is -2.25. The summed E-state index contributed by atoms with van der Waals surface area (Å²) in [6, 6.07) is 15.3. The number of ether oxygens (including phenoxy) is 2. The molecule has 5 heteroatoms. The maximum Gasteiger partial charge on any atom is 0.247 e. The minimum atomic E-state index is -0.00179. The second-order valence-electron chi connectivity index (χ2n) is 5.54. The standard InChI is InChI=1S/C19H20N2O3/c1-23-15-8-9-18(24-2)16(13-15)17-10-11-21(20-17)19(22)12-14-6-4-3-5-7-14/h3-9,13H,10-12H2,1-2H3. The van der Waals surface area contributed by atoms with E-state index in [-0.39, 0.29) is 5.91 Å². The molecule has 0 aromatic heterocycles. The van der Waals surface area contributed by atoms with Crippen molar-refractivity contribution >= 4 is 11.6 Å². The molecule has 0 saturated carbocycles. The number of hydrogen-bond donors (Lipinski definition) is 0. The van der Waals surface area contributed by atoms with Gasteiger partial charge in [0.25, 0.3) is 0 Å². The average Bonchev–Trinajstić information content (AvgIpc) is 3.12. The molecule has 0 unspecified atom stereocenters. The van der Waals surface area contributed by atoms with Gasteiger partial charge in [0, 0.05) is 12.0 Å². The number of methoxy groups -OCH3 is 2. The van der Waals surface area contributed by atoms with Crippen LogP contribution in [0.25, 0.3) is 0 Å². The SMILES string of the molecule is COc1ccc(OC)c(C2=NN(C(=O)Cc3ccccc3)CC2)c1. The van der Waals surface area contributed by atoms with Crippen LogP contribution in [0.5, 0.6) is 11.5 Å². The number of nitrogens with zero attached hydrogens (tertiary/aromatic N) is 2. The van der Waals surface area contributed by atoms with Crippen molar-refractivity contribution in [1.29, 1.82) is 0 Å². The normalized spacial score (nSPS) is 13.6. The topological polar surface area (TPSA) is 51.1 Å². The van der Waals surface area contributed by atoms with E-state index >= 15 is 0 Å². The summed E-state index contributed by atoms with van der Waals surface area (Å²) in [4.78, 5) is 12.4. The van der Waals surface area contributed by atoms with Crippen LogP contribution in [-0.2, 0) is 11.2 Å². The number of benzene rings is 2. The smallest absolute Gasteiger partial charge is 0.247 e.